The van der Waals surface area contributed by atoms with E-state index in [0.717, 1.165) is 37.3 Å². The van der Waals surface area contributed by atoms with E-state index < -0.39 is 0 Å². The predicted octanol–water partition coefficient (Wildman–Crippen LogP) is 4.12. The molecule has 8 heteroatoms. The molecule has 30 heavy (non-hydrogen) atoms. The highest BCUT2D eigenvalue weighted by molar-refractivity contribution is 7.71. The number of halogens is 1. The fourth-order valence-corrected chi connectivity index (χ4v) is 4.13. The smallest absolute Gasteiger partial charge is 0.251 e. The van der Waals surface area contributed by atoms with Gasteiger partial charge in [-0.15, -0.1) is 0 Å². The van der Waals surface area contributed by atoms with Crippen molar-refractivity contribution in [3.63, 3.8) is 0 Å². The molecule has 1 aliphatic rings. The molecule has 1 aliphatic heterocycles. The van der Waals surface area contributed by atoms with Crippen LogP contribution in [0.4, 0.5) is 0 Å². The maximum Gasteiger partial charge on any atom is 0.251 e. The number of carbonyl (C=O) groups is 1. The molecule has 1 amide bonds. The van der Waals surface area contributed by atoms with Crippen LogP contribution in [0.3, 0.4) is 0 Å². The number of piperidine rings is 1. The Morgan fingerprint density at radius 3 is 2.50 bits per heavy atom. The monoisotopic (exact) mass is 441 g/mol. The summed E-state index contributed by atoms with van der Waals surface area (Å²) in [5.41, 5.74) is 1.57. The summed E-state index contributed by atoms with van der Waals surface area (Å²) in [7, 11) is 1.91. The van der Waals surface area contributed by atoms with Crippen LogP contribution in [0.2, 0.25) is 5.02 Å². The van der Waals surface area contributed by atoms with Gasteiger partial charge in [0.2, 0.25) is 0 Å². The van der Waals surface area contributed by atoms with Gasteiger partial charge in [-0.05, 0) is 49.3 Å². The number of nitrogens with one attached hydrogen (secondary N) is 1. The Balaban J connectivity index is 1.38. The molecule has 1 fully saturated rings. The molecule has 0 aliphatic carbocycles. The third-order valence-corrected chi connectivity index (χ3v) is 6.26. The van der Waals surface area contributed by atoms with Gasteiger partial charge in [0.25, 0.3) is 5.91 Å². The van der Waals surface area contributed by atoms with E-state index in [1.165, 1.54) is 0 Å². The molecule has 2 heterocycles. The average Bonchev–Trinajstić information content (AvgIpc) is 3.04. The van der Waals surface area contributed by atoms with E-state index in [1.807, 2.05) is 70.9 Å². The van der Waals surface area contributed by atoms with Gasteiger partial charge in [-0.2, -0.15) is 5.10 Å². The first-order chi connectivity index (χ1) is 14.5. The van der Waals surface area contributed by atoms with Crippen LogP contribution in [0, 0.1) is 4.77 Å². The van der Waals surface area contributed by atoms with Crippen LogP contribution in [-0.2, 0) is 13.7 Å². The molecule has 6 nitrogen and oxygen atoms in total. The van der Waals surface area contributed by atoms with E-state index in [9.17, 15) is 4.79 Å². The number of nitrogens with zero attached hydrogens (tertiary/aromatic N) is 4. The second-order valence-corrected chi connectivity index (χ2v) is 8.29. The Hall–Kier alpha value is -2.48. The molecule has 0 unspecified atom stereocenters. The highest BCUT2D eigenvalue weighted by Gasteiger charge is 2.22. The van der Waals surface area contributed by atoms with Crippen LogP contribution in [0.25, 0.3) is 11.4 Å². The second kappa shape index (κ2) is 9.12. The van der Waals surface area contributed by atoms with Crippen molar-refractivity contribution < 1.29 is 4.79 Å². The Morgan fingerprint density at radius 1 is 1.13 bits per heavy atom. The summed E-state index contributed by atoms with van der Waals surface area (Å²) >= 11 is 11.9. The van der Waals surface area contributed by atoms with Gasteiger partial charge in [0, 0.05) is 37.3 Å². The zero-order valence-electron chi connectivity index (χ0n) is 16.8. The molecule has 1 N–H and O–H groups in total. The normalized spacial score (nSPS) is 15.3. The minimum Gasteiger partial charge on any atom is -0.349 e. The van der Waals surface area contributed by atoms with Crippen LogP contribution in [-0.4, -0.2) is 44.3 Å². The molecular formula is C22H24ClN5OS. The molecule has 2 aromatic carbocycles. The van der Waals surface area contributed by atoms with Crippen LogP contribution < -0.4 is 5.32 Å². The predicted molar refractivity (Wildman–Crippen MR) is 121 cm³/mol. The zero-order chi connectivity index (χ0) is 21.1. The lowest BCUT2D eigenvalue weighted by Crippen LogP contribution is -2.45. The van der Waals surface area contributed by atoms with Crippen LogP contribution >= 0.6 is 23.8 Å². The maximum absolute atomic E-state index is 12.4. The number of amides is 1. The largest absolute Gasteiger partial charge is 0.349 e. The summed E-state index contributed by atoms with van der Waals surface area (Å²) in [5, 5.41) is 8.52. The molecule has 0 spiro atoms. The zero-order valence-corrected chi connectivity index (χ0v) is 18.4. The van der Waals surface area contributed by atoms with E-state index >= 15 is 0 Å². The summed E-state index contributed by atoms with van der Waals surface area (Å²) < 4.78 is 4.39. The van der Waals surface area contributed by atoms with Gasteiger partial charge in [-0.25, -0.2) is 4.68 Å². The maximum atomic E-state index is 12.4. The number of aromatic nitrogens is 3. The van der Waals surface area contributed by atoms with Crippen LogP contribution in [0.15, 0.2) is 54.6 Å². The quantitative estimate of drug-likeness (QED) is 0.605. The lowest BCUT2D eigenvalue weighted by atomic mass is 10.0. The van der Waals surface area contributed by atoms with Gasteiger partial charge in [0.15, 0.2) is 10.6 Å². The lowest BCUT2D eigenvalue weighted by Gasteiger charge is -2.32. The number of benzene rings is 2. The molecule has 3 aromatic rings. The van der Waals surface area contributed by atoms with Gasteiger partial charge >= 0.3 is 0 Å². The summed E-state index contributed by atoms with van der Waals surface area (Å²) in [6.45, 7) is 2.37. The van der Waals surface area contributed by atoms with Gasteiger partial charge in [0.1, 0.15) is 0 Å². The van der Waals surface area contributed by atoms with E-state index in [4.69, 9.17) is 28.9 Å². The van der Waals surface area contributed by atoms with Gasteiger partial charge < -0.3 is 9.88 Å². The summed E-state index contributed by atoms with van der Waals surface area (Å²) in [6, 6.07) is 17.2. The van der Waals surface area contributed by atoms with Crippen molar-refractivity contribution in [1.29, 1.82) is 0 Å². The topological polar surface area (TPSA) is 55.1 Å². The first-order valence-electron chi connectivity index (χ1n) is 10.00. The van der Waals surface area contributed by atoms with E-state index in [2.05, 4.69) is 10.2 Å². The SMILES string of the molecule is Cn1c(-c2ccccc2Cl)nn(CN2CCC(NC(=O)c3ccccc3)CC2)c1=S. The van der Waals surface area contributed by atoms with Gasteiger partial charge in [-0.1, -0.05) is 41.9 Å². The number of likely N-dealkylation sites (tertiary alicyclic amines) is 1. The van der Waals surface area contributed by atoms with E-state index in [-0.39, 0.29) is 11.9 Å². The fraction of sp³-hybridized carbons (Fsp3) is 0.318. The first kappa shape index (κ1) is 20.8. The standard InChI is InChI=1S/C22H24ClN5OS/c1-26-20(18-9-5-6-10-19(18)23)25-28(22(26)30)15-27-13-11-17(12-14-27)24-21(29)16-7-3-2-4-8-16/h2-10,17H,11-15H2,1H3,(H,24,29). The van der Waals surface area contributed by atoms with Crippen molar-refractivity contribution in [2.45, 2.75) is 25.6 Å². The van der Waals surface area contributed by atoms with Crippen LogP contribution in [0.5, 0.6) is 0 Å². The molecule has 0 bridgehead atoms. The van der Waals surface area contributed by atoms with Crippen molar-refractivity contribution in [1.82, 2.24) is 24.6 Å². The first-order valence-corrected chi connectivity index (χ1v) is 10.8. The minimum atomic E-state index is -0.00891. The third-order valence-electron chi connectivity index (χ3n) is 5.45. The second-order valence-electron chi connectivity index (χ2n) is 7.52. The average molecular weight is 442 g/mol. The van der Waals surface area contributed by atoms with Crippen molar-refractivity contribution in [3.8, 4) is 11.4 Å². The molecule has 4 rings (SSSR count). The molecular weight excluding hydrogens is 418 g/mol. The third kappa shape index (κ3) is 4.48. The Labute approximate surface area is 186 Å². The minimum absolute atomic E-state index is 0.00891. The number of hydrogen-bond donors (Lipinski definition) is 1. The fourth-order valence-electron chi connectivity index (χ4n) is 3.72. The molecule has 0 saturated carbocycles. The summed E-state index contributed by atoms with van der Waals surface area (Å²) in [5.74, 6) is 0.751. The van der Waals surface area contributed by atoms with Gasteiger partial charge in [-0.3, -0.25) is 9.69 Å². The molecule has 0 atom stereocenters. The molecule has 1 saturated heterocycles. The summed E-state index contributed by atoms with van der Waals surface area (Å²) in [4.78, 5) is 14.7. The van der Waals surface area contributed by atoms with Crippen molar-refractivity contribution in [2.24, 2.45) is 7.05 Å². The Morgan fingerprint density at radius 2 is 1.80 bits per heavy atom. The Kier molecular flexibility index (Phi) is 6.32. The highest BCUT2D eigenvalue weighted by atomic mass is 35.5. The highest BCUT2D eigenvalue weighted by Crippen LogP contribution is 2.26. The van der Waals surface area contributed by atoms with E-state index in [1.54, 1.807) is 0 Å². The molecule has 1 aromatic heterocycles. The van der Waals surface area contributed by atoms with Crippen molar-refractivity contribution >= 4 is 29.7 Å². The van der Waals surface area contributed by atoms with Gasteiger partial charge in [0.05, 0.1) is 11.7 Å². The number of carbonyl (C=O) groups excluding carboxylic acids is 1. The van der Waals surface area contributed by atoms with Crippen molar-refractivity contribution in [2.75, 3.05) is 13.1 Å². The van der Waals surface area contributed by atoms with E-state index in [0.29, 0.717) is 22.0 Å². The Bertz CT molecular complexity index is 1090. The number of rotatable bonds is 5. The number of hydrogen-bond acceptors (Lipinski definition) is 4. The van der Waals surface area contributed by atoms with Crippen molar-refractivity contribution in [3.05, 3.63) is 70.0 Å². The molecule has 156 valence electrons. The molecule has 0 radical (unpaired) electrons. The lowest BCUT2D eigenvalue weighted by molar-refractivity contribution is 0.0896. The summed E-state index contributed by atoms with van der Waals surface area (Å²) in [6.07, 6.45) is 1.80. The van der Waals surface area contributed by atoms with Crippen LogP contribution in [0.1, 0.15) is 23.2 Å².